The number of hydrogen-bond donors (Lipinski definition) is 2. The molecular formula is C17H23N3O2S. The molecule has 1 aromatic carbocycles. The van der Waals surface area contributed by atoms with Crippen LogP contribution < -0.4 is 10.0 Å². The zero-order chi connectivity index (χ0) is 16.5. The number of sulfonamides is 1. The van der Waals surface area contributed by atoms with Crippen molar-refractivity contribution in [1.29, 1.82) is 0 Å². The zero-order valence-corrected chi connectivity index (χ0v) is 14.4. The fourth-order valence-corrected chi connectivity index (χ4v) is 4.45. The minimum Gasteiger partial charge on any atom is -0.316 e. The van der Waals surface area contributed by atoms with Gasteiger partial charge < -0.3 is 5.32 Å². The molecule has 1 unspecified atom stereocenters. The van der Waals surface area contributed by atoms with Gasteiger partial charge in [-0.2, -0.15) is 0 Å². The fraction of sp³-hybridized carbons (Fsp3) is 0.471. The van der Waals surface area contributed by atoms with Crippen LogP contribution in [-0.2, 0) is 10.0 Å². The molecule has 3 rings (SSSR count). The maximum absolute atomic E-state index is 12.7. The van der Waals surface area contributed by atoms with Crippen molar-refractivity contribution >= 4 is 20.9 Å². The molecule has 124 valence electrons. The van der Waals surface area contributed by atoms with E-state index in [9.17, 15) is 8.42 Å². The van der Waals surface area contributed by atoms with E-state index in [-0.39, 0.29) is 10.3 Å². The molecule has 1 atom stereocenters. The Morgan fingerprint density at radius 2 is 2.22 bits per heavy atom. The van der Waals surface area contributed by atoms with E-state index in [4.69, 9.17) is 0 Å². The number of nitrogens with one attached hydrogen (secondary N) is 2. The summed E-state index contributed by atoms with van der Waals surface area (Å²) in [5, 5.41) is 4.19. The molecular weight excluding hydrogens is 310 g/mol. The number of aryl methyl sites for hydroxylation is 1. The van der Waals surface area contributed by atoms with Crippen LogP contribution in [0.5, 0.6) is 0 Å². The van der Waals surface area contributed by atoms with E-state index < -0.39 is 10.0 Å². The number of hydrogen-bond acceptors (Lipinski definition) is 4. The van der Waals surface area contributed by atoms with E-state index >= 15 is 0 Å². The van der Waals surface area contributed by atoms with Crippen LogP contribution >= 0.6 is 0 Å². The van der Waals surface area contributed by atoms with E-state index in [2.05, 4.69) is 21.9 Å². The normalized spacial score (nSPS) is 22.3. The lowest BCUT2D eigenvalue weighted by molar-refractivity contribution is 0.238. The van der Waals surface area contributed by atoms with Gasteiger partial charge in [0, 0.05) is 24.7 Å². The van der Waals surface area contributed by atoms with Crippen LogP contribution in [0.15, 0.2) is 35.4 Å². The number of rotatable bonds is 4. The first-order chi connectivity index (χ1) is 10.9. The lowest BCUT2D eigenvalue weighted by Gasteiger charge is -2.34. The Morgan fingerprint density at radius 1 is 1.39 bits per heavy atom. The van der Waals surface area contributed by atoms with Crippen LogP contribution in [0.3, 0.4) is 0 Å². The smallest absolute Gasteiger partial charge is 0.242 e. The number of para-hydroxylation sites is 1. The first-order valence-electron chi connectivity index (χ1n) is 7.95. The van der Waals surface area contributed by atoms with Crippen LogP contribution in [0.25, 0.3) is 10.9 Å². The second-order valence-electron chi connectivity index (χ2n) is 6.76. The van der Waals surface area contributed by atoms with Crippen molar-refractivity contribution < 1.29 is 8.42 Å². The molecule has 2 aromatic rings. The van der Waals surface area contributed by atoms with Gasteiger partial charge in [-0.1, -0.05) is 19.1 Å². The average molecular weight is 333 g/mol. The van der Waals surface area contributed by atoms with Crippen molar-refractivity contribution in [3.05, 3.63) is 36.0 Å². The van der Waals surface area contributed by atoms with E-state index in [1.165, 1.54) is 0 Å². The Kier molecular flexibility index (Phi) is 4.40. The molecule has 0 spiro atoms. The highest BCUT2D eigenvalue weighted by Crippen LogP contribution is 2.26. The SMILES string of the molecule is Cc1cnc2c(S(=O)(=O)NCC3(C)CCCNC3)cccc2c1. The number of benzene rings is 1. The Balaban J connectivity index is 1.88. The van der Waals surface area contributed by atoms with Gasteiger partial charge in [0.2, 0.25) is 10.0 Å². The van der Waals surface area contributed by atoms with Gasteiger partial charge in [0.05, 0.1) is 5.52 Å². The Bertz CT molecular complexity index is 812. The van der Waals surface area contributed by atoms with Crippen molar-refractivity contribution in [2.24, 2.45) is 5.41 Å². The highest BCUT2D eigenvalue weighted by atomic mass is 32.2. The number of pyridine rings is 1. The van der Waals surface area contributed by atoms with Gasteiger partial charge in [-0.05, 0) is 49.4 Å². The lowest BCUT2D eigenvalue weighted by Crippen LogP contribution is -2.45. The highest BCUT2D eigenvalue weighted by molar-refractivity contribution is 7.89. The van der Waals surface area contributed by atoms with Gasteiger partial charge in [0.1, 0.15) is 4.90 Å². The maximum Gasteiger partial charge on any atom is 0.242 e. The summed E-state index contributed by atoms with van der Waals surface area (Å²) < 4.78 is 28.3. The summed E-state index contributed by atoms with van der Waals surface area (Å²) in [6, 6.07) is 7.23. The summed E-state index contributed by atoms with van der Waals surface area (Å²) in [6.07, 6.45) is 3.80. The second kappa shape index (κ2) is 6.19. The first-order valence-corrected chi connectivity index (χ1v) is 9.44. The van der Waals surface area contributed by atoms with Gasteiger partial charge in [0.15, 0.2) is 0 Å². The summed E-state index contributed by atoms with van der Waals surface area (Å²) in [6.45, 7) is 6.34. The molecule has 23 heavy (non-hydrogen) atoms. The van der Waals surface area contributed by atoms with Gasteiger partial charge in [-0.3, -0.25) is 4.98 Å². The third-order valence-corrected chi connectivity index (χ3v) is 5.91. The van der Waals surface area contributed by atoms with Crippen molar-refractivity contribution in [2.45, 2.75) is 31.6 Å². The zero-order valence-electron chi connectivity index (χ0n) is 13.6. The molecule has 2 heterocycles. The van der Waals surface area contributed by atoms with Crippen LogP contribution in [0.4, 0.5) is 0 Å². The molecule has 0 amide bonds. The summed E-state index contributed by atoms with van der Waals surface area (Å²) in [5.74, 6) is 0. The van der Waals surface area contributed by atoms with Crippen molar-refractivity contribution in [2.75, 3.05) is 19.6 Å². The lowest BCUT2D eigenvalue weighted by atomic mass is 9.83. The third-order valence-electron chi connectivity index (χ3n) is 4.47. The summed E-state index contributed by atoms with van der Waals surface area (Å²) >= 11 is 0. The van der Waals surface area contributed by atoms with Crippen LogP contribution in [-0.4, -0.2) is 33.0 Å². The van der Waals surface area contributed by atoms with Gasteiger partial charge in [-0.25, -0.2) is 13.1 Å². The molecule has 0 bridgehead atoms. The van der Waals surface area contributed by atoms with Crippen molar-refractivity contribution in [3.8, 4) is 0 Å². The molecule has 1 aliphatic rings. The van der Waals surface area contributed by atoms with Crippen molar-refractivity contribution in [1.82, 2.24) is 15.0 Å². The summed E-state index contributed by atoms with van der Waals surface area (Å²) in [5.41, 5.74) is 1.50. The number of fused-ring (bicyclic) bond motifs is 1. The molecule has 1 fully saturated rings. The van der Waals surface area contributed by atoms with Crippen molar-refractivity contribution in [3.63, 3.8) is 0 Å². The largest absolute Gasteiger partial charge is 0.316 e. The minimum atomic E-state index is -3.58. The minimum absolute atomic E-state index is 0.0417. The average Bonchev–Trinajstić information content (AvgIpc) is 2.53. The van der Waals surface area contributed by atoms with Crippen LogP contribution in [0.2, 0.25) is 0 Å². The predicted molar refractivity (Wildman–Crippen MR) is 91.9 cm³/mol. The molecule has 6 heteroatoms. The standard InChI is InChI=1S/C17H23N3O2S/c1-13-9-14-5-3-6-15(16(14)19-10-13)23(21,22)20-12-17(2)7-4-8-18-11-17/h3,5-6,9-10,18,20H,4,7-8,11-12H2,1-2H3. The number of nitrogens with zero attached hydrogens (tertiary/aromatic N) is 1. The second-order valence-corrected chi connectivity index (χ2v) is 8.49. The maximum atomic E-state index is 12.7. The molecule has 1 aliphatic heterocycles. The van der Waals surface area contributed by atoms with Gasteiger partial charge in [-0.15, -0.1) is 0 Å². The Labute approximate surface area is 137 Å². The third kappa shape index (κ3) is 3.54. The van der Waals surface area contributed by atoms with E-state index in [0.717, 1.165) is 36.9 Å². The summed E-state index contributed by atoms with van der Waals surface area (Å²) in [4.78, 5) is 4.58. The van der Waals surface area contributed by atoms with E-state index in [1.807, 2.05) is 19.1 Å². The molecule has 0 saturated carbocycles. The molecule has 1 aromatic heterocycles. The van der Waals surface area contributed by atoms with E-state index in [1.54, 1.807) is 18.3 Å². The van der Waals surface area contributed by atoms with E-state index in [0.29, 0.717) is 12.1 Å². The van der Waals surface area contributed by atoms with Crippen LogP contribution in [0.1, 0.15) is 25.3 Å². The molecule has 0 aliphatic carbocycles. The quantitative estimate of drug-likeness (QED) is 0.900. The molecule has 0 radical (unpaired) electrons. The number of aromatic nitrogens is 1. The molecule has 1 saturated heterocycles. The van der Waals surface area contributed by atoms with Gasteiger partial charge in [0.25, 0.3) is 0 Å². The predicted octanol–water partition coefficient (Wildman–Crippen LogP) is 2.21. The Hall–Kier alpha value is -1.50. The first kappa shape index (κ1) is 16.4. The highest BCUT2D eigenvalue weighted by Gasteiger charge is 2.29. The Morgan fingerprint density at radius 3 is 2.96 bits per heavy atom. The molecule has 5 nitrogen and oxygen atoms in total. The monoisotopic (exact) mass is 333 g/mol. The number of piperidine rings is 1. The van der Waals surface area contributed by atoms with Gasteiger partial charge >= 0.3 is 0 Å². The fourth-order valence-electron chi connectivity index (χ4n) is 3.08. The molecule has 2 N–H and O–H groups in total. The summed E-state index contributed by atoms with van der Waals surface area (Å²) in [7, 11) is -3.58. The van der Waals surface area contributed by atoms with Crippen LogP contribution in [0, 0.1) is 12.3 Å². The topological polar surface area (TPSA) is 71.1 Å².